The first-order valence-corrected chi connectivity index (χ1v) is 4.57. The average Bonchev–Trinajstić information content (AvgIpc) is 2.78. The van der Waals surface area contributed by atoms with Gasteiger partial charge in [-0.3, -0.25) is 0 Å². The molecule has 1 saturated heterocycles. The minimum atomic E-state index is 0.0782. The van der Waals surface area contributed by atoms with Crippen LogP contribution in [0, 0.1) is 0 Å². The lowest BCUT2D eigenvalue weighted by Gasteiger charge is -2.17. The number of epoxide rings is 1. The molecule has 1 aromatic carbocycles. The monoisotopic (exact) mass is 160 g/mol. The summed E-state index contributed by atoms with van der Waals surface area (Å²) in [5.74, 6) is 0. The van der Waals surface area contributed by atoms with E-state index in [9.17, 15) is 0 Å². The Morgan fingerprint density at radius 1 is 1.42 bits per heavy atom. The fourth-order valence-corrected chi connectivity index (χ4v) is 2.34. The van der Waals surface area contributed by atoms with Crippen LogP contribution in [0.25, 0.3) is 0 Å². The second kappa shape index (κ2) is 1.91. The summed E-state index contributed by atoms with van der Waals surface area (Å²) in [7, 11) is 0. The van der Waals surface area contributed by atoms with Gasteiger partial charge in [-0.25, -0.2) is 0 Å². The summed E-state index contributed by atoms with van der Waals surface area (Å²) in [5, 5.41) is 0. The molecule has 1 heteroatoms. The SMILES string of the molecule is CC12OC1CCc1ccccc12. The largest absolute Gasteiger partial charge is 0.361 e. The standard InChI is InChI=1S/C11H12O/c1-11-9-5-3-2-4-8(9)6-7-10(11)12-11/h2-5,10H,6-7H2,1H3. The Bertz CT molecular complexity index is 330. The van der Waals surface area contributed by atoms with Crippen molar-refractivity contribution in [2.45, 2.75) is 31.5 Å². The van der Waals surface area contributed by atoms with Gasteiger partial charge in [0.1, 0.15) is 5.60 Å². The van der Waals surface area contributed by atoms with Gasteiger partial charge in [0, 0.05) is 0 Å². The van der Waals surface area contributed by atoms with Gasteiger partial charge in [-0.2, -0.15) is 0 Å². The number of ether oxygens (including phenoxy) is 1. The van der Waals surface area contributed by atoms with Crippen molar-refractivity contribution < 1.29 is 4.74 Å². The maximum Gasteiger partial charge on any atom is 0.117 e. The van der Waals surface area contributed by atoms with E-state index in [1.807, 2.05) is 0 Å². The van der Waals surface area contributed by atoms with Gasteiger partial charge >= 0.3 is 0 Å². The van der Waals surface area contributed by atoms with Gasteiger partial charge in [0.25, 0.3) is 0 Å². The molecule has 0 amide bonds. The summed E-state index contributed by atoms with van der Waals surface area (Å²) in [6, 6.07) is 8.64. The van der Waals surface area contributed by atoms with E-state index in [1.54, 1.807) is 0 Å². The highest BCUT2D eigenvalue weighted by Gasteiger charge is 2.55. The molecule has 0 saturated carbocycles. The Morgan fingerprint density at radius 3 is 3.17 bits per heavy atom. The lowest BCUT2D eigenvalue weighted by atomic mass is 9.84. The normalized spacial score (nSPS) is 36.9. The van der Waals surface area contributed by atoms with Crippen LogP contribution in [0.4, 0.5) is 0 Å². The maximum absolute atomic E-state index is 5.69. The predicted molar refractivity (Wildman–Crippen MR) is 47.0 cm³/mol. The van der Waals surface area contributed by atoms with Gasteiger partial charge in [-0.05, 0) is 30.9 Å². The Labute approximate surface area is 72.4 Å². The molecule has 62 valence electrons. The van der Waals surface area contributed by atoms with Crippen molar-refractivity contribution in [1.82, 2.24) is 0 Å². The van der Waals surface area contributed by atoms with E-state index < -0.39 is 0 Å². The maximum atomic E-state index is 5.69. The number of fused-ring (bicyclic) bond motifs is 3. The smallest absolute Gasteiger partial charge is 0.117 e. The molecule has 1 nitrogen and oxygen atoms in total. The molecule has 12 heavy (non-hydrogen) atoms. The van der Waals surface area contributed by atoms with Gasteiger partial charge in [-0.15, -0.1) is 0 Å². The molecule has 2 aliphatic rings. The van der Waals surface area contributed by atoms with E-state index in [1.165, 1.54) is 24.0 Å². The lowest BCUT2D eigenvalue weighted by Crippen LogP contribution is -2.16. The quantitative estimate of drug-likeness (QED) is 0.530. The number of hydrogen-bond donors (Lipinski definition) is 0. The van der Waals surface area contributed by atoms with Crippen LogP contribution >= 0.6 is 0 Å². The number of hydrogen-bond acceptors (Lipinski definition) is 1. The molecule has 0 aromatic heterocycles. The van der Waals surface area contributed by atoms with E-state index in [0.717, 1.165) is 0 Å². The summed E-state index contributed by atoms with van der Waals surface area (Å²) < 4.78 is 5.69. The molecule has 1 aromatic rings. The van der Waals surface area contributed by atoms with E-state index in [4.69, 9.17) is 4.74 Å². The van der Waals surface area contributed by atoms with Gasteiger partial charge in [0.2, 0.25) is 0 Å². The zero-order valence-corrected chi connectivity index (χ0v) is 7.21. The fraction of sp³-hybridized carbons (Fsp3) is 0.455. The molecule has 1 heterocycles. The van der Waals surface area contributed by atoms with Crippen molar-refractivity contribution in [2.75, 3.05) is 0 Å². The number of benzene rings is 1. The molecule has 1 fully saturated rings. The highest BCUT2D eigenvalue weighted by atomic mass is 16.6. The molecule has 2 unspecified atom stereocenters. The van der Waals surface area contributed by atoms with Crippen LogP contribution in [0.1, 0.15) is 24.5 Å². The zero-order chi connectivity index (χ0) is 8.18. The van der Waals surface area contributed by atoms with E-state index >= 15 is 0 Å². The highest BCUT2D eigenvalue weighted by molar-refractivity contribution is 5.39. The molecule has 1 aliphatic carbocycles. The van der Waals surface area contributed by atoms with Crippen LogP contribution in [-0.2, 0) is 16.8 Å². The van der Waals surface area contributed by atoms with Crippen LogP contribution < -0.4 is 0 Å². The average molecular weight is 160 g/mol. The molecular weight excluding hydrogens is 148 g/mol. The molecule has 1 aliphatic heterocycles. The lowest BCUT2D eigenvalue weighted by molar-refractivity contribution is 0.314. The highest BCUT2D eigenvalue weighted by Crippen LogP contribution is 2.52. The summed E-state index contributed by atoms with van der Waals surface area (Å²) in [6.07, 6.45) is 2.90. The molecule has 3 rings (SSSR count). The fourth-order valence-electron chi connectivity index (χ4n) is 2.34. The predicted octanol–water partition coefficient (Wildman–Crippen LogP) is 2.25. The van der Waals surface area contributed by atoms with Gasteiger partial charge < -0.3 is 4.74 Å². The van der Waals surface area contributed by atoms with Gasteiger partial charge in [0.05, 0.1) is 6.10 Å². The Morgan fingerprint density at radius 2 is 2.25 bits per heavy atom. The van der Waals surface area contributed by atoms with Crippen molar-refractivity contribution in [1.29, 1.82) is 0 Å². The summed E-state index contributed by atoms with van der Waals surface area (Å²) in [6.45, 7) is 2.20. The van der Waals surface area contributed by atoms with Crippen LogP contribution in [0.2, 0.25) is 0 Å². The first-order chi connectivity index (χ1) is 5.81. The first-order valence-electron chi connectivity index (χ1n) is 4.57. The second-order valence-electron chi connectivity index (χ2n) is 3.91. The van der Waals surface area contributed by atoms with Crippen molar-refractivity contribution in [3.63, 3.8) is 0 Å². The number of aryl methyl sites for hydroxylation is 1. The third kappa shape index (κ3) is 0.674. The van der Waals surface area contributed by atoms with Crippen molar-refractivity contribution in [3.8, 4) is 0 Å². The summed E-state index contributed by atoms with van der Waals surface area (Å²) in [4.78, 5) is 0. The van der Waals surface area contributed by atoms with E-state index in [-0.39, 0.29) is 5.60 Å². The van der Waals surface area contributed by atoms with Gasteiger partial charge in [-0.1, -0.05) is 24.3 Å². The molecular formula is C11H12O. The van der Waals surface area contributed by atoms with Crippen molar-refractivity contribution in [2.24, 2.45) is 0 Å². The van der Waals surface area contributed by atoms with Crippen LogP contribution in [-0.4, -0.2) is 6.10 Å². The van der Waals surface area contributed by atoms with Crippen LogP contribution in [0.15, 0.2) is 24.3 Å². The zero-order valence-electron chi connectivity index (χ0n) is 7.21. The minimum Gasteiger partial charge on any atom is -0.361 e. The Kier molecular flexibility index (Phi) is 1.06. The summed E-state index contributed by atoms with van der Waals surface area (Å²) >= 11 is 0. The number of rotatable bonds is 0. The van der Waals surface area contributed by atoms with Crippen LogP contribution in [0.3, 0.4) is 0 Å². The molecule has 2 atom stereocenters. The Hall–Kier alpha value is -0.820. The third-order valence-electron chi connectivity index (χ3n) is 3.17. The third-order valence-corrected chi connectivity index (χ3v) is 3.17. The van der Waals surface area contributed by atoms with Crippen molar-refractivity contribution in [3.05, 3.63) is 35.4 Å². The molecule has 0 spiro atoms. The van der Waals surface area contributed by atoms with Gasteiger partial charge in [0.15, 0.2) is 0 Å². The Balaban J connectivity index is 2.19. The van der Waals surface area contributed by atoms with Crippen molar-refractivity contribution >= 4 is 0 Å². The molecule has 0 radical (unpaired) electrons. The topological polar surface area (TPSA) is 12.5 Å². The second-order valence-corrected chi connectivity index (χ2v) is 3.91. The summed E-state index contributed by atoms with van der Waals surface area (Å²) in [5.41, 5.74) is 2.98. The molecule has 0 N–H and O–H groups in total. The first kappa shape index (κ1) is 6.67. The van der Waals surface area contributed by atoms with Crippen LogP contribution in [0.5, 0.6) is 0 Å². The van der Waals surface area contributed by atoms with E-state index in [2.05, 4.69) is 31.2 Å². The molecule has 0 bridgehead atoms. The van der Waals surface area contributed by atoms with E-state index in [0.29, 0.717) is 6.10 Å². The minimum absolute atomic E-state index is 0.0782.